The van der Waals surface area contributed by atoms with Gasteiger partial charge in [-0.3, -0.25) is 4.79 Å². The molecule has 5 heteroatoms. The number of ether oxygens (including phenoxy) is 1. The third kappa shape index (κ3) is 4.83. The maximum atomic E-state index is 12.9. The molecule has 0 N–H and O–H groups in total. The third-order valence-electron chi connectivity index (χ3n) is 2.38. The topological polar surface area (TPSA) is 29.5 Å². The average molecular weight is 304 g/mol. The minimum atomic E-state index is -0.266. The zero-order valence-corrected chi connectivity index (χ0v) is 11.5. The van der Waals surface area contributed by atoms with Crippen LogP contribution in [0.25, 0.3) is 0 Å². The highest BCUT2D eigenvalue weighted by Gasteiger charge is 2.07. The number of carbonyl (C=O) groups excluding carboxylic acids is 1. The summed E-state index contributed by atoms with van der Waals surface area (Å²) in [5.41, 5.74) is 0.985. The molecule has 0 fully saturated rings. The Morgan fingerprint density at radius 1 is 1.53 bits per heavy atom. The van der Waals surface area contributed by atoms with Crippen molar-refractivity contribution in [1.29, 1.82) is 0 Å². The van der Waals surface area contributed by atoms with Gasteiger partial charge in [0.15, 0.2) is 0 Å². The Kier molecular flexibility index (Phi) is 5.58. The summed E-state index contributed by atoms with van der Waals surface area (Å²) in [4.78, 5) is 13.0. The number of halogens is 2. The fraction of sp³-hybridized carbons (Fsp3) is 0.417. The monoisotopic (exact) mass is 303 g/mol. The van der Waals surface area contributed by atoms with Gasteiger partial charge in [-0.15, -0.1) is 0 Å². The first-order chi connectivity index (χ1) is 8.02. The van der Waals surface area contributed by atoms with E-state index >= 15 is 0 Å². The average Bonchev–Trinajstić information content (AvgIpc) is 2.29. The van der Waals surface area contributed by atoms with Crippen LogP contribution in [0.3, 0.4) is 0 Å². The molecule has 0 spiro atoms. The van der Waals surface area contributed by atoms with E-state index in [4.69, 9.17) is 0 Å². The molecule has 0 aliphatic carbocycles. The molecule has 0 aliphatic rings. The van der Waals surface area contributed by atoms with Gasteiger partial charge >= 0.3 is 5.97 Å². The first kappa shape index (κ1) is 14.1. The number of esters is 1. The van der Waals surface area contributed by atoms with Gasteiger partial charge < -0.3 is 9.64 Å². The van der Waals surface area contributed by atoms with Crippen molar-refractivity contribution in [1.82, 2.24) is 4.90 Å². The van der Waals surface area contributed by atoms with E-state index in [2.05, 4.69) is 20.7 Å². The van der Waals surface area contributed by atoms with Crippen molar-refractivity contribution in [3.8, 4) is 0 Å². The first-order valence-electron chi connectivity index (χ1n) is 5.22. The van der Waals surface area contributed by atoms with Gasteiger partial charge in [-0.25, -0.2) is 4.39 Å². The summed E-state index contributed by atoms with van der Waals surface area (Å²) in [5.74, 6) is -0.493. The normalized spacial score (nSPS) is 10.6. The standard InChI is InChI=1S/C12H15BrFNO2/c1-15(6-5-12(16)17-2)8-9-3-4-10(14)7-11(9)13/h3-4,7H,5-6,8H2,1-2H3. The van der Waals surface area contributed by atoms with Gasteiger partial charge in [0.2, 0.25) is 0 Å². The molecule has 0 unspecified atom stereocenters. The molecule has 1 aromatic rings. The second-order valence-corrected chi connectivity index (χ2v) is 4.65. The SMILES string of the molecule is COC(=O)CCN(C)Cc1ccc(F)cc1Br. The smallest absolute Gasteiger partial charge is 0.306 e. The maximum Gasteiger partial charge on any atom is 0.306 e. The zero-order valence-electron chi connectivity index (χ0n) is 9.87. The van der Waals surface area contributed by atoms with E-state index in [0.717, 1.165) is 10.0 Å². The Bertz CT molecular complexity index is 398. The van der Waals surface area contributed by atoms with Crippen molar-refractivity contribution >= 4 is 21.9 Å². The second-order valence-electron chi connectivity index (χ2n) is 3.80. The summed E-state index contributed by atoms with van der Waals surface area (Å²) < 4.78 is 18.2. The molecular formula is C12H15BrFNO2. The molecule has 1 rings (SSSR count). The number of hydrogen-bond acceptors (Lipinski definition) is 3. The van der Waals surface area contributed by atoms with Crippen LogP contribution in [0.15, 0.2) is 22.7 Å². The largest absolute Gasteiger partial charge is 0.469 e. The van der Waals surface area contributed by atoms with E-state index in [0.29, 0.717) is 19.5 Å². The van der Waals surface area contributed by atoms with Crippen molar-refractivity contribution in [2.45, 2.75) is 13.0 Å². The maximum absolute atomic E-state index is 12.9. The summed E-state index contributed by atoms with van der Waals surface area (Å²) in [6, 6.07) is 4.59. The highest BCUT2D eigenvalue weighted by Crippen LogP contribution is 2.19. The summed E-state index contributed by atoms with van der Waals surface area (Å²) >= 11 is 3.31. The molecule has 3 nitrogen and oxygen atoms in total. The van der Waals surface area contributed by atoms with Crippen LogP contribution in [-0.2, 0) is 16.1 Å². The Morgan fingerprint density at radius 2 is 2.24 bits per heavy atom. The molecule has 94 valence electrons. The van der Waals surface area contributed by atoms with Crippen LogP contribution in [0, 0.1) is 5.82 Å². The predicted molar refractivity (Wildman–Crippen MR) is 67.1 cm³/mol. The number of carbonyl (C=O) groups is 1. The Labute approximate surface area is 109 Å². The van der Waals surface area contributed by atoms with E-state index in [1.54, 1.807) is 6.07 Å². The number of rotatable bonds is 5. The van der Waals surface area contributed by atoms with E-state index in [-0.39, 0.29) is 11.8 Å². The summed E-state index contributed by atoms with van der Waals surface area (Å²) in [5, 5.41) is 0. The van der Waals surface area contributed by atoms with Gasteiger partial charge in [0.25, 0.3) is 0 Å². The Balaban J connectivity index is 2.50. The minimum absolute atomic E-state index is 0.227. The van der Waals surface area contributed by atoms with Crippen molar-refractivity contribution in [2.75, 3.05) is 20.7 Å². The van der Waals surface area contributed by atoms with Crippen LogP contribution in [0.1, 0.15) is 12.0 Å². The zero-order chi connectivity index (χ0) is 12.8. The molecule has 0 atom stereocenters. The van der Waals surface area contributed by atoms with Gasteiger partial charge in [-0.2, -0.15) is 0 Å². The highest BCUT2D eigenvalue weighted by atomic mass is 79.9. The Morgan fingerprint density at radius 3 is 2.82 bits per heavy atom. The predicted octanol–water partition coefficient (Wildman–Crippen LogP) is 2.58. The lowest BCUT2D eigenvalue weighted by Crippen LogP contribution is -2.22. The van der Waals surface area contributed by atoms with E-state index in [1.807, 2.05) is 11.9 Å². The molecule has 0 aliphatic heterocycles. The molecule has 0 saturated heterocycles. The number of hydrogen-bond donors (Lipinski definition) is 0. The lowest BCUT2D eigenvalue weighted by molar-refractivity contribution is -0.140. The van der Waals surface area contributed by atoms with Gasteiger partial charge in [0, 0.05) is 17.6 Å². The first-order valence-corrected chi connectivity index (χ1v) is 6.01. The second kappa shape index (κ2) is 6.71. The van der Waals surface area contributed by atoms with Crippen molar-refractivity contribution in [3.05, 3.63) is 34.1 Å². The van der Waals surface area contributed by atoms with Crippen LogP contribution in [-0.4, -0.2) is 31.6 Å². The quantitative estimate of drug-likeness (QED) is 0.783. The van der Waals surface area contributed by atoms with E-state index < -0.39 is 0 Å². The van der Waals surface area contributed by atoms with Gasteiger partial charge in [0.05, 0.1) is 13.5 Å². The number of benzene rings is 1. The van der Waals surface area contributed by atoms with Crippen LogP contribution in [0.4, 0.5) is 4.39 Å². The van der Waals surface area contributed by atoms with Crippen LogP contribution >= 0.6 is 15.9 Å². The highest BCUT2D eigenvalue weighted by molar-refractivity contribution is 9.10. The van der Waals surface area contributed by atoms with Crippen molar-refractivity contribution < 1.29 is 13.9 Å². The number of nitrogens with zero attached hydrogens (tertiary/aromatic N) is 1. The van der Waals surface area contributed by atoms with Crippen molar-refractivity contribution in [2.24, 2.45) is 0 Å². The molecule has 0 amide bonds. The lowest BCUT2D eigenvalue weighted by atomic mass is 10.2. The fourth-order valence-electron chi connectivity index (χ4n) is 1.40. The molecule has 17 heavy (non-hydrogen) atoms. The minimum Gasteiger partial charge on any atom is -0.469 e. The third-order valence-corrected chi connectivity index (χ3v) is 3.12. The molecule has 0 heterocycles. The molecule has 0 radical (unpaired) electrons. The fourth-order valence-corrected chi connectivity index (χ4v) is 1.88. The molecule has 1 aromatic carbocycles. The molecular weight excluding hydrogens is 289 g/mol. The van der Waals surface area contributed by atoms with Gasteiger partial charge in [-0.05, 0) is 24.7 Å². The van der Waals surface area contributed by atoms with Crippen molar-refractivity contribution in [3.63, 3.8) is 0 Å². The lowest BCUT2D eigenvalue weighted by Gasteiger charge is -2.16. The Hall–Kier alpha value is -0.940. The van der Waals surface area contributed by atoms with Gasteiger partial charge in [-0.1, -0.05) is 22.0 Å². The summed E-state index contributed by atoms with van der Waals surface area (Å²) in [6.07, 6.45) is 0.353. The van der Waals surface area contributed by atoms with E-state index in [1.165, 1.54) is 19.2 Å². The molecule has 0 aromatic heterocycles. The number of methoxy groups -OCH3 is 1. The molecule has 0 saturated carbocycles. The van der Waals surface area contributed by atoms with E-state index in [9.17, 15) is 9.18 Å². The molecule has 0 bridgehead atoms. The van der Waals surface area contributed by atoms with Crippen LogP contribution < -0.4 is 0 Å². The van der Waals surface area contributed by atoms with Crippen LogP contribution in [0.2, 0.25) is 0 Å². The summed E-state index contributed by atoms with van der Waals surface area (Å²) in [7, 11) is 3.28. The van der Waals surface area contributed by atoms with Gasteiger partial charge in [0.1, 0.15) is 5.82 Å². The summed E-state index contributed by atoms with van der Waals surface area (Å²) in [6.45, 7) is 1.26. The van der Waals surface area contributed by atoms with Crippen LogP contribution in [0.5, 0.6) is 0 Å².